The van der Waals surface area contributed by atoms with E-state index in [0.29, 0.717) is 5.56 Å². The van der Waals surface area contributed by atoms with Crippen LogP contribution in [0.15, 0.2) is 12.4 Å². The topological polar surface area (TPSA) is 121 Å². The maximum atomic E-state index is 10.7. The molecular formula is C9H14N4O3. The number of carboxylic acids is 1. The molecule has 0 aliphatic heterocycles. The number of nitrogens with zero attached hydrogens (tertiary/aromatic N) is 2. The molecule has 0 aliphatic carbocycles. The SMILES string of the molecule is C[C@H](O)[C@H](NCc1cnc(N)nc1)C(=O)O. The van der Waals surface area contributed by atoms with Crippen molar-refractivity contribution in [3.05, 3.63) is 18.0 Å². The number of nitrogens with two attached hydrogens (primary N) is 1. The van der Waals surface area contributed by atoms with Gasteiger partial charge in [-0.3, -0.25) is 10.1 Å². The summed E-state index contributed by atoms with van der Waals surface area (Å²) in [6.45, 7) is 1.66. The molecule has 1 heterocycles. The minimum atomic E-state index is -1.11. The normalized spacial score (nSPS) is 14.4. The summed E-state index contributed by atoms with van der Waals surface area (Å²) in [5.41, 5.74) is 6.00. The third kappa shape index (κ3) is 3.44. The Bertz CT molecular complexity index is 352. The second-order valence-electron chi connectivity index (χ2n) is 3.39. The van der Waals surface area contributed by atoms with Crippen LogP contribution in [-0.2, 0) is 11.3 Å². The number of aromatic nitrogens is 2. The minimum absolute atomic E-state index is 0.161. The van der Waals surface area contributed by atoms with Gasteiger partial charge in [0.05, 0.1) is 6.10 Å². The van der Waals surface area contributed by atoms with Crippen molar-refractivity contribution in [2.45, 2.75) is 25.6 Å². The van der Waals surface area contributed by atoms with E-state index in [9.17, 15) is 9.90 Å². The lowest BCUT2D eigenvalue weighted by Gasteiger charge is -2.16. The predicted molar refractivity (Wildman–Crippen MR) is 56.4 cm³/mol. The first-order chi connectivity index (χ1) is 7.50. The standard InChI is InChI=1S/C9H14N4O3/c1-5(14)7(8(15)16)11-2-6-3-12-9(10)13-4-6/h3-5,7,11,14H,2H2,1H3,(H,15,16)(H2,10,12,13)/t5-,7-/m0/s1. The molecule has 1 rings (SSSR count). The number of aliphatic hydroxyl groups excluding tert-OH is 1. The van der Waals surface area contributed by atoms with E-state index in [4.69, 9.17) is 10.8 Å². The Balaban J connectivity index is 2.55. The van der Waals surface area contributed by atoms with Crippen molar-refractivity contribution in [2.24, 2.45) is 0 Å². The lowest BCUT2D eigenvalue weighted by Crippen LogP contribution is -2.44. The van der Waals surface area contributed by atoms with Crippen LogP contribution in [0, 0.1) is 0 Å². The Labute approximate surface area is 92.3 Å². The Morgan fingerprint density at radius 3 is 2.56 bits per heavy atom. The van der Waals surface area contributed by atoms with Gasteiger partial charge in [0.2, 0.25) is 5.95 Å². The largest absolute Gasteiger partial charge is 0.480 e. The van der Waals surface area contributed by atoms with Crippen molar-refractivity contribution < 1.29 is 15.0 Å². The van der Waals surface area contributed by atoms with E-state index >= 15 is 0 Å². The molecule has 1 aromatic heterocycles. The molecule has 0 spiro atoms. The summed E-state index contributed by atoms with van der Waals surface area (Å²) in [5.74, 6) is -0.944. The zero-order valence-electron chi connectivity index (χ0n) is 8.79. The van der Waals surface area contributed by atoms with Gasteiger partial charge in [-0.1, -0.05) is 0 Å². The number of rotatable bonds is 5. The van der Waals surface area contributed by atoms with Crippen molar-refractivity contribution in [3.63, 3.8) is 0 Å². The number of hydrogen-bond donors (Lipinski definition) is 4. The number of nitrogen functional groups attached to an aromatic ring is 1. The summed E-state index contributed by atoms with van der Waals surface area (Å²) in [4.78, 5) is 18.3. The summed E-state index contributed by atoms with van der Waals surface area (Å²) in [6, 6.07) is -1.02. The smallest absolute Gasteiger partial charge is 0.323 e. The van der Waals surface area contributed by atoms with Gasteiger partial charge < -0.3 is 15.9 Å². The fourth-order valence-electron chi connectivity index (χ4n) is 1.15. The molecule has 0 fully saturated rings. The van der Waals surface area contributed by atoms with Crippen LogP contribution in [0.3, 0.4) is 0 Å². The molecule has 7 nitrogen and oxygen atoms in total. The fourth-order valence-corrected chi connectivity index (χ4v) is 1.15. The summed E-state index contributed by atoms with van der Waals surface area (Å²) in [6.07, 6.45) is 2.01. The average molecular weight is 226 g/mol. The Morgan fingerprint density at radius 2 is 2.12 bits per heavy atom. The lowest BCUT2D eigenvalue weighted by atomic mass is 10.2. The van der Waals surface area contributed by atoms with Crippen molar-refractivity contribution in [3.8, 4) is 0 Å². The molecule has 16 heavy (non-hydrogen) atoms. The van der Waals surface area contributed by atoms with Crippen LogP contribution in [0.4, 0.5) is 5.95 Å². The van der Waals surface area contributed by atoms with Crippen LogP contribution in [-0.4, -0.2) is 38.3 Å². The molecule has 5 N–H and O–H groups in total. The maximum Gasteiger partial charge on any atom is 0.323 e. The lowest BCUT2D eigenvalue weighted by molar-refractivity contribution is -0.142. The zero-order chi connectivity index (χ0) is 12.1. The van der Waals surface area contributed by atoms with Crippen LogP contribution in [0.1, 0.15) is 12.5 Å². The van der Waals surface area contributed by atoms with Crippen LogP contribution in [0.2, 0.25) is 0 Å². The van der Waals surface area contributed by atoms with Crippen LogP contribution in [0.25, 0.3) is 0 Å². The number of nitrogens with one attached hydrogen (secondary N) is 1. The zero-order valence-corrected chi connectivity index (χ0v) is 8.79. The third-order valence-corrected chi connectivity index (χ3v) is 2.00. The Hall–Kier alpha value is -1.73. The fraction of sp³-hybridized carbons (Fsp3) is 0.444. The van der Waals surface area contributed by atoms with Crippen LogP contribution >= 0.6 is 0 Å². The summed E-state index contributed by atoms with van der Waals surface area (Å²) in [5, 5.41) is 20.7. The quantitative estimate of drug-likeness (QED) is 0.507. The van der Waals surface area contributed by atoms with Crippen LogP contribution in [0.5, 0.6) is 0 Å². The first kappa shape index (κ1) is 12.3. The average Bonchev–Trinajstić information content (AvgIpc) is 2.20. The van der Waals surface area contributed by atoms with Gasteiger partial charge in [-0.2, -0.15) is 0 Å². The van der Waals surface area contributed by atoms with Gasteiger partial charge >= 0.3 is 5.97 Å². The number of hydrogen-bond acceptors (Lipinski definition) is 6. The van der Waals surface area contributed by atoms with Crippen LogP contribution < -0.4 is 11.1 Å². The second kappa shape index (κ2) is 5.38. The van der Waals surface area contributed by atoms with E-state index in [0.717, 1.165) is 0 Å². The van der Waals surface area contributed by atoms with E-state index in [2.05, 4.69) is 15.3 Å². The molecule has 0 aliphatic rings. The second-order valence-corrected chi connectivity index (χ2v) is 3.39. The van der Waals surface area contributed by atoms with Crippen molar-refractivity contribution in [2.75, 3.05) is 5.73 Å². The number of aliphatic hydroxyl groups is 1. The molecule has 1 aromatic rings. The molecule has 0 unspecified atom stereocenters. The Kier molecular flexibility index (Phi) is 4.15. The number of anilines is 1. The highest BCUT2D eigenvalue weighted by Crippen LogP contribution is 1.99. The summed E-state index contributed by atoms with van der Waals surface area (Å²) in [7, 11) is 0. The predicted octanol–water partition coefficient (Wildman–Crippen LogP) is -1.02. The number of aliphatic carboxylic acids is 1. The van der Waals surface area contributed by atoms with E-state index in [1.807, 2.05) is 0 Å². The first-order valence-electron chi connectivity index (χ1n) is 4.71. The highest BCUT2D eigenvalue weighted by atomic mass is 16.4. The first-order valence-corrected chi connectivity index (χ1v) is 4.71. The van der Waals surface area contributed by atoms with Gasteiger partial charge in [0.1, 0.15) is 6.04 Å². The highest BCUT2D eigenvalue weighted by Gasteiger charge is 2.21. The molecule has 0 radical (unpaired) electrons. The molecule has 0 aromatic carbocycles. The van der Waals surface area contributed by atoms with E-state index in [-0.39, 0.29) is 12.5 Å². The monoisotopic (exact) mass is 226 g/mol. The molecule has 2 atom stereocenters. The number of carbonyl (C=O) groups is 1. The van der Waals surface area contributed by atoms with E-state index < -0.39 is 18.1 Å². The van der Waals surface area contributed by atoms with Gasteiger partial charge in [-0.15, -0.1) is 0 Å². The van der Waals surface area contributed by atoms with Crippen molar-refractivity contribution >= 4 is 11.9 Å². The molecule has 0 saturated carbocycles. The minimum Gasteiger partial charge on any atom is -0.480 e. The van der Waals surface area contributed by atoms with Gasteiger partial charge in [-0.25, -0.2) is 9.97 Å². The van der Waals surface area contributed by atoms with Gasteiger partial charge in [0.25, 0.3) is 0 Å². The summed E-state index contributed by atoms with van der Waals surface area (Å²) < 4.78 is 0. The maximum absolute atomic E-state index is 10.7. The van der Waals surface area contributed by atoms with Crippen molar-refractivity contribution in [1.29, 1.82) is 0 Å². The molecule has 0 saturated heterocycles. The van der Waals surface area contributed by atoms with Gasteiger partial charge in [0.15, 0.2) is 0 Å². The number of carboxylic acid groups (broad SMARTS) is 1. The van der Waals surface area contributed by atoms with Crippen molar-refractivity contribution in [1.82, 2.24) is 15.3 Å². The van der Waals surface area contributed by atoms with E-state index in [1.165, 1.54) is 19.3 Å². The molecular weight excluding hydrogens is 212 g/mol. The van der Waals surface area contributed by atoms with E-state index in [1.54, 1.807) is 0 Å². The van der Waals surface area contributed by atoms with Gasteiger partial charge in [0, 0.05) is 24.5 Å². The molecule has 7 heteroatoms. The summed E-state index contributed by atoms with van der Waals surface area (Å²) >= 11 is 0. The highest BCUT2D eigenvalue weighted by molar-refractivity contribution is 5.74. The molecule has 0 bridgehead atoms. The van der Waals surface area contributed by atoms with Gasteiger partial charge in [-0.05, 0) is 6.92 Å². The molecule has 0 amide bonds. The molecule has 88 valence electrons. The Morgan fingerprint density at radius 1 is 1.56 bits per heavy atom. The third-order valence-electron chi connectivity index (χ3n) is 2.00.